The van der Waals surface area contributed by atoms with Crippen molar-refractivity contribution in [3.05, 3.63) is 66.0 Å². The number of halogens is 2. The molecule has 1 aliphatic heterocycles. The Labute approximate surface area is 241 Å². The highest BCUT2D eigenvalue weighted by molar-refractivity contribution is 5.98. The SMILES string of the molecule is CC(C)Oc1ccc(-c2c[nH]c3nccc(Oc4c(F)cc(NC5=NCC(CO)(C(C)C)CO5)cc4F)c23)cc1C#N. The lowest BCUT2D eigenvalue weighted by Crippen LogP contribution is -2.44. The average molecular weight is 576 g/mol. The molecule has 2 aromatic heterocycles. The second kappa shape index (κ2) is 11.7. The molecule has 1 aliphatic rings. The molecule has 0 saturated heterocycles. The third-order valence-corrected chi connectivity index (χ3v) is 7.34. The number of nitriles is 1. The van der Waals surface area contributed by atoms with Gasteiger partial charge in [0.1, 0.15) is 29.8 Å². The molecule has 5 rings (SSSR count). The monoisotopic (exact) mass is 575 g/mol. The normalized spacial score (nSPS) is 16.7. The summed E-state index contributed by atoms with van der Waals surface area (Å²) in [4.78, 5) is 11.7. The van der Waals surface area contributed by atoms with Gasteiger partial charge in [-0.3, -0.25) is 0 Å². The van der Waals surface area contributed by atoms with Gasteiger partial charge in [-0.2, -0.15) is 5.26 Å². The number of pyridine rings is 1. The molecule has 1 atom stereocenters. The number of H-pyrrole nitrogens is 1. The minimum atomic E-state index is -0.940. The van der Waals surface area contributed by atoms with E-state index in [-0.39, 0.29) is 42.7 Å². The molecule has 2 aromatic carbocycles. The molecule has 0 fully saturated rings. The van der Waals surface area contributed by atoms with E-state index >= 15 is 8.78 Å². The molecule has 3 heterocycles. The highest BCUT2D eigenvalue weighted by Gasteiger charge is 2.37. The topological polar surface area (TPSA) is 125 Å². The van der Waals surface area contributed by atoms with Crippen LogP contribution in [0.25, 0.3) is 22.2 Å². The molecule has 0 radical (unpaired) electrons. The molecule has 9 nitrogen and oxygen atoms in total. The number of hydrogen-bond acceptors (Lipinski definition) is 8. The zero-order valence-electron chi connectivity index (χ0n) is 23.7. The van der Waals surface area contributed by atoms with Gasteiger partial charge in [0.15, 0.2) is 17.4 Å². The summed E-state index contributed by atoms with van der Waals surface area (Å²) in [6.45, 7) is 8.16. The summed E-state index contributed by atoms with van der Waals surface area (Å²) in [5, 5.41) is 22.8. The van der Waals surface area contributed by atoms with Crippen LogP contribution in [0.5, 0.6) is 17.2 Å². The Balaban J connectivity index is 1.43. The van der Waals surface area contributed by atoms with Crippen molar-refractivity contribution >= 4 is 22.7 Å². The van der Waals surface area contributed by atoms with E-state index in [9.17, 15) is 10.4 Å². The Morgan fingerprint density at radius 3 is 2.52 bits per heavy atom. The van der Waals surface area contributed by atoms with Crippen LogP contribution in [0.1, 0.15) is 33.3 Å². The molecule has 0 saturated carbocycles. The van der Waals surface area contributed by atoms with Crippen LogP contribution in [0.2, 0.25) is 0 Å². The molecule has 0 spiro atoms. The van der Waals surface area contributed by atoms with Gasteiger partial charge in [0, 0.05) is 41.2 Å². The van der Waals surface area contributed by atoms with E-state index in [2.05, 4.69) is 26.3 Å². The van der Waals surface area contributed by atoms with Crippen LogP contribution >= 0.6 is 0 Å². The predicted molar refractivity (Wildman–Crippen MR) is 155 cm³/mol. The molecule has 0 amide bonds. The van der Waals surface area contributed by atoms with Crippen LogP contribution < -0.4 is 14.8 Å². The minimum Gasteiger partial charge on any atom is -0.490 e. The first-order valence-corrected chi connectivity index (χ1v) is 13.5. The molecule has 218 valence electrons. The van der Waals surface area contributed by atoms with Crippen molar-refractivity contribution in [1.82, 2.24) is 9.97 Å². The lowest BCUT2D eigenvalue weighted by molar-refractivity contribution is 0.0180. The summed E-state index contributed by atoms with van der Waals surface area (Å²) < 4.78 is 47.7. The lowest BCUT2D eigenvalue weighted by atomic mass is 9.78. The number of aromatic nitrogens is 2. The lowest BCUT2D eigenvalue weighted by Gasteiger charge is -2.37. The number of hydrogen-bond donors (Lipinski definition) is 3. The number of ether oxygens (including phenoxy) is 3. The first kappa shape index (κ1) is 28.8. The third-order valence-electron chi connectivity index (χ3n) is 7.34. The van der Waals surface area contributed by atoms with Gasteiger partial charge in [-0.15, -0.1) is 0 Å². The van der Waals surface area contributed by atoms with Gasteiger partial charge >= 0.3 is 0 Å². The largest absolute Gasteiger partial charge is 0.490 e. The van der Waals surface area contributed by atoms with Gasteiger partial charge in [0.05, 0.1) is 30.2 Å². The van der Waals surface area contributed by atoms with Gasteiger partial charge in [-0.1, -0.05) is 19.9 Å². The van der Waals surface area contributed by atoms with E-state index in [1.54, 1.807) is 24.4 Å². The number of amidine groups is 1. The molecule has 42 heavy (non-hydrogen) atoms. The number of nitrogens with one attached hydrogen (secondary N) is 2. The Bertz CT molecular complexity index is 1670. The first-order chi connectivity index (χ1) is 20.1. The van der Waals surface area contributed by atoms with Crippen LogP contribution in [0.15, 0.2) is 53.8 Å². The van der Waals surface area contributed by atoms with Crippen LogP contribution in [0, 0.1) is 34.3 Å². The Kier molecular flexibility index (Phi) is 8.00. The molecule has 11 heteroatoms. The number of aliphatic hydroxyl groups is 1. The maximum Gasteiger partial charge on any atom is 0.289 e. The maximum atomic E-state index is 15.2. The number of rotatable bonds is 8. The van der Waals surface area contributed by atoms with Gasteiger partial charge in [0.25, 0.3) is 6.02 Å². The van der Waals surface area contributed by atoms with Gasteiger partial charge in [0.2, 0.25) is 0 Å². The summed E-state index contributed by atoms with van der Waals surface area (Å²) in [5.41, 5.74) is 1.67. The van der Waals surface area contributed by atoms with E-state index in [0.717, 1.165) is 12.1 Å². The number of anilines is 1. The van der Waals surface area contributed by atoms with Crippen molar-refractivity contribution in [3.63, 3.8) is 0 Å². The molecule has 0 aliphatic carbocycles. The van der Waals surface area contributed by atoms with Crippen LogP contribution in [-0.2, 0) is 4.74 Å². The fourth-order valence-electron chi connectivity index (χ4n) is 4.68. The summed E-state index contributed by atoms with van der Waals surface area (Å²) >= 11 is 0. The summed E-state index contributed by atoms with van der Waals surface area (Å²) in [6.07, 6.45) is 3.05. The molecular formula is C31H31F2N5O4. The van der Waals surface area contributed by atoms with Gasteiger partial charge in [-0.25, -0.2) is 18.8 Å². The number of nitrogens with zero attached hydrogens (tertiary/aromatic N) is 3. The van der Waals surface area contributed by atoms with Crippen molar-refractivity contribution in [1.29, 1.82) is 5.26 Å². The molecule has 3 N–H and O–H groups in total. The molecule has 1 unspecified atom stereocenters. The number of aliphatic hydroxyl groups excluding tert-OH is 1. The first-order valence-electron chi connectivity index (χ1n) is 13.5. The van der Waals surface area contributed by atoms with Crippen molar-refractivity contribution in [2.24, 2.45) is 16.3 Å². The highest BCUT2D eigenvalue weighted by Crippen LogP contribution is 2.40. The van der Waals surface area contributed by atoms with Gasteiger partial charge < -0.3 is 29.6 Å². The van der Waals surface area contributed by atoms with E-state index in [1.165, 1.54) is 12.3 Å². The van der Waals surface area contributed by atoms with E-state index in [1.807, 2.05) is 27.7 Å². The van der Waals surface area contributed by atoms with Crippen molar-refractivity contribution in [2.45, 2.75) is 33.8 Å². The van der Waals surface area contributed by atoms with Crippen molar-refractivity contribution < 1.29 is 28.1 Å². The molecule has 4 aromatic rings. The number of fused-ring (bicyclic) bond motifs is 1. The summed E-state index contributed by atoms with van der Waals surface area (Å²) in [7, 11) is 0. The van der Waals surface area contributed by atoms with Crippen molar-refractivity contribution in [3.8, 4) is 34.4 Å². The standard InChI is InChI=1S/C31H31F2N5O4/c1-17(2)31(15-39)14-37-30(40-16-31)38-21-10-23(32)28(24(33)11-21)42-26-7-8-35-29-27(26)22(13-36-29)19-5-6-25(41-18(3)4)20(9-19)12-34/h5-11,13,17-18,39H,14-16H2,1-4H3,(H,35,36)(H,37,38). The highest BCUT2D eigenvalue weighted by atomic mass is 19.1. The third kappa shape index (κ3) is 5.58. The quantitative estimate of drug-likeness (QED) is 0.222. The number of aromatic amines is 1. The predicted octanol–water partition coefficient (Wildman–Crippen LogP) is 6.39. The maximum absolute atomic E-state index is 15.2. The zero-order chi connectivity index (χ0) is 30.0. The Morgan fingerprint density at radius 2 is 1.90 bits per heavy atom. The van der Waals surface area contributed by atoms with Crippen LogP contribution in [0.4, 0.5) is 14.5 Å². The summed E-state index contributed by atoms with van der Waals surface area (Å²) in [5.74, 6) is -1.71. The van der Waals surface area contributed by atoms with Gasteiger partial charge in [-0.05, 0) is 43.5 Å². The number of aliphatic imine (C=N–C) groups is 1. The molecular weight excluding hydrogens is 544 g/mol. The second-order valence-corrected chi connectivity index (χ2v) is 10.8. The summed E-state index contributed by atoms with van der Waals surface area (Å²) in [6, 6.07) is 11.1. The molecule has 0 bridgehead atoms. The minimum absolute atomic E-state index is 0.0841. The number of benzene rings is 2. The Hall–Kier alpha value is -4.69. The van der Waals surface area contributed by atoms with E-state index in [0.29, 0.717) is 40.0 Å². The second-order valence-electron chi connectivity index (χ2n) is 10.8. The smallest absolute Gasteiger partial charge is 0.289 e. The zero-order valence-corrected chi connectivity index (χ0v) is 23.7. The fraction of sp³-hybridized carbons (Fsp3) is 0.323. The average Bonchev–Trinajstić information content (AvgIpc) is 3.40. The van der Waals surface area contributed by atoms with E-state index < -0.39 is 22.8 Å². The van der Waals surface area contributed by atoms with Crippen molar-refractivity contribution in [2.75, 3.05) is 25.1 Å². The van der Waals surface area contributed by atoms with E-state index in [4.69, 9.17) is 14.2 Å². The van der Waals surface area contributed by atoms with Crippen LogP contribution in [-0.4, -0.2) is 47.0 Å². The fourth-order valence-corrected chi connectivity index (χ4v) is 4.68. The Morgan fingerprint density at radius 1 is 1.14 bits per heavy atom. The van der Waals surface area contributed by atoms with Crippen LogP contribution in [0.3, 0.4) is 0 Å².